The summed E-state index contributed by atoms with van der Waals surface area (Å²) in [5.74, 6) is 0.340. The Morgan fingerprint density at radius 3 is 2.56 bits per heavy atom. The molecule has 2 N–H and O–H groups in total. The lowest BCUT2D eigenvalue weighted by atomic mass is 10.1. The molecule has 5 nitrogen and oxygen atoms in total. The smallest absolute Gasteiger partial charge is 0.252 e. The first kappa shape index (κ1) is 13.8. The molecule has 2 atom stereocenters. The molecule has 0 aliphatic carbocycles. The van der Waals surface area contributed by atoms with Crippen molar-refractivity contribution in [3.63, 3.8) is 0 Å². The normalized spacial score (nSPS) is 26.0. The second kappa shape index (κ2) is 4.80. The highest BCUT2D eigenvalue weighted by Crippen LogP contribution is 2.30. The zero-order valence-corrected chi connectivity index (χ0v) is 12.5. The van der Waals surface area contributed by atoms with E-state index >= 15 is 0 Å². The third-order valence-corrected chi connectivity index (χ3v) is 6.66. The third-order valence-electron chi connectivity index (χ3n) is 3.39. The van der Waals surface area contributed by atoms with Crippen molar-refractivity contribution >= 4 is 27.0 Å². The minimum absolute atomic E-state index is 0.275. The predicted molar refractivity (Wildman–Crippen MR) is 74.1 cm³/mol. The third kappa shape index (κ3) is 2.40. The standard InChI is InChI=1S/C11H19N3O2S2/c1-8-5-14(6-10(8)13(2)3)18(15,16)11-4-9(12)7-17-11/h4,7-8,10H,5-6,12H2,1-3H3. The van der Waals surface area contributed by atoms with Gasteiger partial charge < -0.3 is 10.6 Å². The van der Waals surface area contributed by atoms with Gasteiger partial charge in [-0.05, 0) is 26.1 Å². The van der Waals surface area contributed by atoms with Gasteiger partial charge >= 0.3 is 0 Å². The topological polar surface area (TPSA) is 66.6 Å². The molecule has 1 fully saturated rings. The summed E-state index contributed by atoms with van der Waals surface area (Å²) in [5, 5.41) is 1.66. The van der Waals surface area contributed by atoms with E-state index in [0.29, 0.717) is 28.9 Å². The Labute approximate surface area is 112 Å². The molecule has 2 heterocycles. The van der Waals surface area contributed by atoms with Gasteiger partial charge in [0.2, 0.25) is 0 Å². The first-order valence-corrected chi connectivity index (χ1v) is 8.15. The molecule has 1 saturated heterocycles. The van der Waals surface area contributed by atoms with Crippen molar-refractivity contribution in [3.8, 4) is 0 Å². The predicted octanol–water partition coefficient (Wildman–Crippen LogP) is 0.901. The highest BCUT2D eigenvalue weighted by molar-refractivity contribution is 7.91. The molecule has 0 bridgehead atoms. The van der Waals surface area contributed by atoms with Gasteiger partial charge in [0, 0.05) is 30.2 Å². The number of anilines is 1. The number of hydrogen-bond acceptors (Lipinski definition) is 5. The SMILES string of the molecule is CC1CN(S(=O)(=O)c2cc(N)cs2)CC1N(C)C. The summed E-state index contributed by atoms with van der Waals surface area (Å²) in [6.07, 6.45) is 0. The van der Waals surface area contributed by atoms with Crippen molar-refractivity contribution in [2.75, 3.05) is 32.9 Å². The average molecular weight is 289 g/mol. The van der Waals surface area contributed by atoms with Crippen molar-refractivity contribution in [1.82, 2.24) is 9.21 Å². The van der Waals surface area contributed by atoms with Gasteiger partial charge in [0.15, 0.2) is 0 Å². The Bertz CT molecular complexity index is 524. The maximum atomic E-state index is 12.4. The molecule has 102 valence electrons. The fourth-order valence-corrected chi connectivity index (χ4v) is 5.16. The Morgan fingerprint density at radius 1 is 1.44 bits per heavy atom. The number of sulfonamides is 1. The molecule has 1 aromatic heterocycles. The lowest BCUT2D eigenvalue weighted by Crippen LogP contribution is -2.35. The van der Waals surface area contributed by atoms with Crippen molar-refractivity contribution in [2.45, 2.75) is 17.2 Å². The van der Waals surface area contributed by atoms with Gasteiger partial charge in [-0.25, -0.2) is 8.42 Å². The molecule has 0 amide bonds. The number of nitrogens with two attached hydrogens (primary N) is 1. The van der Waals surface area contributed by atoms with E-state index in [9.17, 15) is 8.42 Å². The van der Waals surface area contributed by atoms with E-state index in [1.807, 2.05) is 14.1 Å². The largest absolute Gasteiger partial charge is 0.398 e. The highest BCUT2D eigenvalue weighted by atomic mass is 32.2. The molecule has 18 heavy (non-hydrogen) atoms. The molecular weight excluding hydrogens is 270 g/mol. The summed E-state index contributed by atoms with van der Waals surface area (Å²) in [5.41, 5.74) is 6.11. The summed E-state index contributed by atoms with van der Waals surface area (Å²) >= 11 is 1.19. The van der Waals surface area contributed by atoms with Gasteiger partial charge in [0.1, 0.15) is 4.21 Å². The fourth-order valence-electron chi connectivity index (χ4n) is 2.37. The Hall–Kier alpha value is -0.630. The quantitative estimate of drug-likeness (QED) is 0.898. The summed E-state index contributed by atoms with van der Waals surface area (Å²) in [6, 6.07) is 1.81. The van der Waals surface area contributed by atoms with Gasteiger partial charge in [-0.15, -0.1) is 11.3 Å². The molecule has 0 saturated carbocycles. The molecule has 7 heteroatoms. The lowest BCUT2D eigenvalue weighted by Gasteiger charge is -2.22. The summed E-state index contributed by atoms with van der Waals surface area (Å²) in [6.45, 7) is 3.21. The van der Waals surface area contributed by atoms with E-state index in [1.165, 1.54) is 17.4 Å². The summed E-state index contributed by atoms with van der Waals surface area (Å²) in [7, 11) is 0.601. The van der Waals surface area contributed by atoms with Crippen LogP contribution in [0, 0.1) is 5.92 Å². The van der Waals surface area contributed by atoms with Crippen molar-refractivity contribution in [2.24, 2.45) is 5.92 Å². The van der Waals surface area contributed by atoms with E-state index < -0.39 is 10.0 Å². The van der Waals surface area contributed by atoms with Crippen LogP contribution in [-0.2, 0) is 10.0 Å². The van der Waals surface area contributed by atoms with Crippen molar-refractivity contribution in [3.05, 3.63) is 11.4 Å². The van der Waals surface area contributed by atoms with Crippen LogP contribution in [0.4, 0.5) is 5.69 Å². The van der Waals surface area contributed by atoms with E-state index in [0.717, 1.165) is 0 Å². The van der Waals surface area contributed by atoms with Crippen LogP contribution < -0.4 is 5.73 Å². The van der Waals surface area contributed by atoms with Crippen molar-refractivity contribution < 1.29 is 8.42 Å². The number of nitrogen functional groups attached to an aromatic ring is 1. The van der Waals surface area contributed by atoms with E-state index in [2.05, 4.69) is 11.8 Å². The van der Waals surface area contributed by atoms with Gasteiger partial charge in [-0.1, -0.05) is 6.92 Å². The first-order valence-electron chi connectivity index (χ1n) is 5.83. The Balaban J connectivity index is 2.23. The van der Waals surface area contributed by atoms with Gasteiger partial charge in [-0.2, -0.15) is 4.31 Å². The molecule has 0 aromatic carbocycles. The number of rotatable bonds is 3. The van der Waals surface area contributed by atoms with Gasteiger partial charge in [0.05, 0.1) is 0 Å². The van der Waals surface area contributed by atoms with Crippen LogP contribution in [0.3, 0.4) is 0 Å². The van der Waals surface area contributed by atoms with Crippen LogP contribution in [0.25, 0.3) is 0 Å². The number of thiophene rings is 1. The second-order valence-corrected chi connectivity index (χ2v) is 8.11. The van der Waals surface area contributed by atoms with E-state index in [1.54, 1.807) is 9.69 Å². The minimum atomic E-state index is -3.37. The average Bonchev–Trinajstić information content (AvgIpc) is 2.84. The monoisotopic (exact) mass is 289 g/mol. The molecule has 1 aliphatic heterocycles. The highest BCUT2D eigenvalue weighted by Gasteiger charge is 2.38. The maximum absolute atomic E-state index is 12.4. The minimum Gasteiger partial charge on any atom is -0.398 e. The van der Waals surface area contributed by atoms with Crippen LogP contribution in [0.5, 0.6) is 0 Å². The molecule has 2 unspecified atom stereocenters. The zero-order valence-electron chi connectivity index (χ0n) is 10.8. The lowest BCUT2D eigenvalue weighted by molar-refractivity contribution is 0.263. The van der Waals surface area contributed by atoms with Gasteiger partial charge in [-0.3, -0.25) is 0 Å². The summed E-state index contributed by atoms with van der Waals surface area (Å²) < 4.78 is 26.8. The van der Waals surface area contributed by atoms with Gasteiger partial charge in [0.25, 0.3) is 10.0 Å². The van der Waals surface area contributed by atoms with Crippen molar-refractivity contribution in [1.29, 1.82) is 0 Å². The van der Waals surface area contributed by atoms with Crippen LogP contribution in [0.15, 0.2) is 15.7 Å². The number of hydrogen-bond donors (Lipinski definition) is 1. The van der Waals surface area contributed by atoms with Crippen LogP contribution in [0.1, 0.15) is 6.92 Å². The first-order chi connectivity index (χ1) is 8.32. The molecule has 0 spiro atoms. The Morgan fingerprint density at radius 2 is 2.11 bits per heavy atom. The molecular formula is C11H19N3O2S2. The molecule has 1 aromatic rings. The second-order valence-electron chi connectivity index (χ2n) is 5.03. The molecule has 2 rings (SSSR count). The fraction of sp³-hybridized carbons (Fsp3) is 0.636. The molecule has 0 radical (unpaired) electrons. The van der Waals surface area contributed by atoms with Crippen LogP contribution >= 0.6 is 11.3 Å². The number of nitrogens with zero attached hydrogens (tertiary/aromatic N) is 2. The zero-order chi connectivity index (χ0) is 13.5. The maximum Gasteiger partial charge on any atom is 0.252 e. The summed E-state index contributed by atoms with van der Waals surface area (Å²) in [4.78, 5) is 2.09. The van der Waals surface area contributed by atoms with E-state index in [-0.39, 0.29) is 6.04 Å². The number of likely N-dealkylation sites (N-methyl/N-ethyl adjacent to an activating group) is 1. The van der Waals surface area contributed by atoms with Crippen LogP contribution in [-0.4, -0.2) is 50.8 Å². The van der Waals surface area contributed by atoms with Crippen LogP contribution in [0.2, 0.25) is 0 Å². The van der Waals surface area contributed by atoms with E-state index in [4.69, 9.17) is 5.73 Å². The molecule has 1 aliphatic rings. The Kier molecular flexibility index (Phi) is 3.68.